The van der Waals surface area contributed by atoms with Gasteiger partial charge in [-0.25, -0.2) is 4.79 Å². The highest BCUT2D eigenvalue weighted by Crippen LogP contribution is 2.15. The normalized spacial score (nSPS) is 11.5. The molecule has 0 aliphatic heterocycles. The number of urea groups is 1. The first-order valence-electron chi connectivity index (χ1n) is 8.12. The zero-order chi connectivity index (χ0) is 16.9. The first kappa shape index (κ1) is 17.3. The number of likely N-dealkylation sites (N-methyl/N-ethyl adjacent to an activating group) is 1. The number of fused-ring (bicyclic) bond motifs is 1. The zero-order valence-electron chi connectivity index (χ0n) is 14.2. The van der Waals surface area contributed by atoms with Crippen LogP contribution in [0, 0.1) is 0 Å². The zero-order valence-corrected chi connectivity index (χ0v) is 14.2. The largest absolute Gasteiger partial charge is 0.389 e. The standard InChI is InChI=1S/C19H26N2O2/c1-4-21(14-19(2,3)23)18(22)20-12-11-15-9-10-16-7-5-6-8-17(16)13-15/h5-10,13,23H,4,11-12,14H2,1-3H3,(H,20,22). The van der Waals surface area contributed by atoms with E-state index in [1.807, 2.05) is 19.1 Å². The summed E-state index contributed by atoms with van der Waals surface area (Å²) in [6.45, 7) is 6.81. The van der Waals surface area contributed by atoms with Crippen molar-refractivity contribution < 1.29 is 9.90 Å². The molecule has 23 heavy (non-hydrogen) atoms. The van der Waals surface area contributed by atoms with Gasteiger partial charge in [-0.05, 0) is 43.5 Å². The van der Waals surface area contributed by atoms with Gasteiger partial charge in [-0.3, -0.25) is 0 Å². The third-order valence-corrected chi connectivity index (χ3v) is 3.75. The Bertz CT molecular complexity index is 662. The second kappa shape index (κ2) is 7.47. The van der Waals surface area contributed by atoms with Crippen molar-refractivity contribution in [2.24, 2.45) is 0 Å². The lowest BCUT2D eigenvalue weighted by molar-refractivity contribution is 0.0480. The quantitative estimate of drug-likeness (QED) is 0.860. The molecule has 0 fully saturated rings. The monoisotopic (exact) mass is 314 g/mol. The fraction of sp³-hybridized carbons (Fsp3) is 0.421. The molecule has 2 aromatic rings. The maximum atomic E-state index is 12.2. The van der Waals surface area contributed by atoms with Crippen LogP contribution in [0.15, 0.2) is 42.5 Å². The highest BCUT2D eigenvalue weighted by Gasteiger charge is 2.20. The van der Waals surface area contributed by atoms with E-state index in [9.17, 15) is 9.90 Å². The summed E-state index contributed by atoms with van der Waals surface area (Å²) in [6.07, 6.45) is 0.788. The van der Waals surface area contributed by atoms with Gasteiger partial charge in [0.05, 0.1) is 12.1 Å². The van der Waals surface area contributed by atoms with Crippen LogP contribution in [0.5, 0.6) is 0 Å². The number of nitrogens with zero attached hydrogens (tertiary/aromatic N) is 1. The lowest BCUT2D eigenvalue weighted by Gasteiger charge is -2.28. The van der Waals surface area contributed by atoms with Crippen LogP contribution in [-0.2, 0) is 6.42 Å². The summed E-state index contributed by atoms with van der Waals surface area (Å²) in [4.78, 5) is 13.8. The van der Waals surface area contributed by atoms with Gasteiger partial charge in [-0.2, -0.15) is 0 Å². The van der Waals surface area contributed by atoms with Crippen molar-refractivity contribution in [3.8, 4) is 0 Å². The van der Waals surface area contributed by atoms with Crippen molar-refractivity contribution >= 4 is 16.8 Å². The third-order valence-electron chi connectivity index (χ3n) is 3.75. The van der Waals surface area contributed by atoms with Crippen LogP contribution in [0.1, 0.15) is 26.3 Å². The molecule has 0 saturated heterocycles. The van der Waals surface area contributed by atoms with Gasteiger partial charge in [-0.1, -0.05) is 42.5 Å². The van der Waals surface area contributed by atoms with Gasteiger partial charge in [0.2, 0.25) is 0 Å². The fourth-order valence-corrected chi connectivity index (χ4v) is 2.61. The van der Waals surface area contributed by atoms with Gasteiger partial charge < -0.3 is 15.3 Å². The molecule has 2 amide bonds. The van der Waals surface area contributed by atoms with Crippen LogP contribution in [0.3, 0.4) is 0 Å². The Hall–Kier alpha value is -2.07. The van der Waals surface area contributed by atoms with Crippen LogP contribution in [0.2, 0.25) is 0 Å². The molecular weight excluding hydrogens is 288 g/mol. The Morgan fingerprint density at radius 1 is 1.17 bits per heavy atom. The topological polar surface area (TPSA) is 52.6 Å². The summed E-state index contributed by atoms with van der Waals surface area (Å²) in [7, 11) is 0. The van der Waals surface area contributed by atoms with Crippen molar-refractivity contribution in [1.29, 1.82) is 0 Å². The van der Waals surface area contributed by atoms with Crippen LogP contribution in [0.4, 0.5) is 4.79 Å². The van der Waals surface area contributed by atoms with Gasteiger partial charge in [-0.15, -0.1) is 0 Å². The van der Waals surface area contributed by atoms with E-state index in [0.717, 1.165) is 6.42 Å². The average molecular weight is 314 g/mol. The molecule has 0 heterocycles. The molecular formula is C19H26N2O2. The summed E-state index contributed by atoms with van der Waals surface area (Å²) in [5.74, 6) is 0. The van der Waals surface area contributed by atoms with E-state index < -0.39 is 5.60 Å². The first-order valence-corrected chi connectivity index (χ1v) is 8.12. The molecule has 2 N–H and O–H groups in total. The molecule has 0 unspecified atom stereocenters. The van der Waals surface area contributed by atoms with E-state index >= 15 is 0 Å². The maximum Gasteiger partial charge on any atom is 0.317 e. The van der Waals surface area contributed by atoms with Crippen LogP contribution in [-0.4, -0.2) is 41.3 Å². The summed E-state index contributed by atoms with van der Waals surface area (Å²) in [6, 6.07) is 14.5. The summed E-state index contributed by atoms with van der Waals surface area (Å²) >= 11 is 0. The van der Waals surface area contributed by atoms with Gasteiger partial charge >= 0.3 is 6.03 Å². The number of carbonyl (C=O) groups excluding carboxylic acids is 1. The number of carbonyl (C=O) groups is 1. The van der Waals surface area contributed by atoms with Gasteiger partial charge in [0.15, 0.2) is 0 Å². The molecule has 2 rings (SSSR count). The minimum absolute atomic E-state index is 0.129. The number of aliphatic hydroxyl groups is 1. The van der Waals surface area contributed by atoms with E-state index in [2.05, 4.69) is 35.6 Å². The molecule has 2 aromatic carbocycles. The Balaban J connectivity index is 1.88. The van der Waals surface area contributed by atoms with Crippen LogP contribution >= 0.6 is 0 Å². The minimum Gasteiger partial charge on any atom is -0.389 e. The van der Waals surface area contributed by atoms with Gasteiger partial charge in [0.1, 0.15) is 0 Å². The molecule has 0 atom stereocenters. The maximum absolute atomic E-state index is 12.2. The molecule has 0 saturated carbocycles. The molecule has 0 radical (unpaired) electrons. The molecule has 0 aliphatic rings. The predicted octanol–water partition coefficient (Wildman–Crippen LogP) is 3.18. The van der Waals surface area contributed by atoms with Crippen molar-refractivity contribution in [3.63, 3.8) is 0 Å². The molecule has 0 aromatic heterocycles. The van der Waals surface area contributed by atoms with E-state index in [1.54, 1.807) is 18.7 Å². The summed E-state index contributed by atoms with van der Waals surface area (Å²) < 4.78 is 0. The average Bonchev–Trinajstić information content (AvgIpc) is 2.51. The smallest absolute Gasteiger partial charge is 0.317 e. The van der Waals surface area contributed by atoms with Gasteiger partial charge in [0, 0.05) is 13.1 Å². The van der Waals surface area contributed by atoms with E-state index in [-0.39, 0.29) is 6.03 Å². The van der Waals surface area contributed by atoms with Crippen molar-refractivity contribution in [2.45, 2.75) is 32.8 Å². The highest BCUT2D eigenvalue weighted by atomic mass is 16.3. The van der Waals surface area contributed by atoms with Crippen LogP contribution in [0.25, 0.3) is 10.8 Å². The molecule has 4 heteroatoms. The number of amides is 2. The number of benzene rings is 2. The van der Waals surface area contributed by atoms with Gasteiger partial charge in [0.25, 0.3) is 0 Å². The van der Waals surface area contributed by atoms with Crippen LogP contribution < -0.4 is 5.32 Å². The second-order valence-electron chi connectivity index (χ2n) is 6.49. The molecule has 0 spiro atoms. The third kappa shape index (κ3) is 5.25. The first-order chi connectivity index (χ1) is 10.9. The SMILES string of the molecule is CCN(CC(C)(C)O)C(=O)NCCc1ccc2ccccc2c1. The van der Waals surface area contributed by atoms with Crippen molar-refractivity contribution in [2.75, 3.05) is 19.6 Å². The lowest BCUT2D eigenvalue weighted by atomic mass is 10.1. The highest BCUT2D eigenvalue weighted by molar-refractivity contribution is 5.83. The number of nitrogens with one attached hydrogen (secondary N) is 1. The Morgan fingerprint density at radius 3 is 2.52 bits per heavy atom. The van der Waals surface area contributed by atoms with Crippen molar-refractivity contribution in [1.82, 2.24) is 10.2 Å². The molecule has 0 bridgehead atoms. The molecule has 4 nitrogen and oxygen atoms in total. The summed E-state index contributed by atoms with van der Waals surface area (Å²) in [5, 5.41) is 15.2. The van der Waals surface area contributed by atoms with Crippen molar-refractivity contribution in [3.05, 3.63) is 48.0 Å². The number of rotatable bonds is 6. The van der Waals surface area contributed by atoms with E-state index in [0.29, 0.717) is 19.6 Å². The Kier molecular flexibility index (Phi) is 5.61. The molecule has 124 valence electrons. The molecule has 0 aliphatic carbocycles. The predicted molar refractivity (Wildman–Crippen MR) is 94.6 cm³/mol. The van der Waals surface area contributed by atoms with E-state index in [1.165, 1.54) is 16.3 Å². The second-order valence-corrected chi connectivity index (χ2v) is 6.49. The number of hydrogen-bond acceptors (Lipinski definition) is 2. The Labute approximate surface area is 138 Å². The van der Waals surface area contributed by atoms with E-state index in [4.69, 9.17) is 0 Å². The lowest BCUT2D eigenvalue weighted by Crippen LogP contribution is -2.47. The minimum atomic E-state index is -0.883. The summed E-state index contributed by atoms with van der Waals surface area (Å²) in [5.41, 5.74) is 0.320. The number of hydrogen-bond donors (Lipinski definition) is 2. The Morgan fingerprint density at radius 2 is 1.87 bits per heavy atom. The fourth-order valence-electron chi connectivity index (χ4n) is 2.61.